The van der Waals surface area contributed by atoms with E-state index < -0.39 is 10.0 Å². The Labute approximate surface area is 188 Å². The van der Waals surface area contributed by atoms with Crippen LogP contribution in [0.4, 0.5) is 0 Å². The highest BCUT2D eigenvalue weighted by Crippen LogP contribution is 2.19. The van der Waals surface area contributed by atoms with Gasteiger partial charge in [-0.25, -0.2) is 13.2 Å². The molecule has 5 nitrogen and oxygen atoms in total. The van der Waals surface area contributed by atoms with E-state index >= 15 is 0 Å². The molecule has 7 heteroatoms. The zero-order valence-electron chi connectivity index (χ0n) is 18.4. The number of phenolic OH excluding ortho intramolecular Hbond substituents is 1. The van der Waals surface area contributed by atoms with E-state index in [-0.39, 0.29) is 11.5 Å². The second-order valence-corrected chi connectivity index (χ2v) is 10.2. The molecule has 0 radical (unpaired) electrons. The molecular weight excluding hydrogens is 420 g/mol. The van der Waals surface area contributed by atoms with Crippen molar-refractivity contribution in [1.82, 2.24) is 4.83 Å². The third-order valence-electron chi connectivity index (χ3n) is 5.15. The normalized spacial score (nSPS) is 11.9. The highest BCUT2D eigenvalue weighted by atomic mass is 35.5. The molecule has 2 N–H and O–H groups in total. The minimum Gasteiger partial charge on any atom is -0.507 e. The van der Waals surface area contributed by atoms with Gasteiger partial charge in [-0.2, -0.15) is 5.10 Å². The van der Waals surface area contributed by atoms with E-state index in [2.05, 4.69) is 16.9 Å². The monoisotopic (exact) mass is 458 g/mol. The van der Waals surface area contributed by atoms with Gasteiger partial charge in [-0.15, -0.1) is 0 Å². The summed E-state index contributed by atoms with van der Waals surface area (Å²) in [7, 11) is -3.45. The van der Waals surface area contributed by atoms with Crippen LogP contribution in [-0.4, -0.2) is 25.5 Å². The maximum atomic E-state index is 12.0. The number of hydrogen-bond acceptors (Lipinski definition) is 4. The average molecular weight is 459 g/mol. The Bertz CT molecular complexity index is 708. The summed E-state index contributed by atoms with van der Waals surface area (Å²) in [6.45, 7) is 2.25. The van der Waals surface area contributed by atoms with Gasteiger partial charge in [0, 0.05) is 10.6 Å². The van der Waals surface area contributed by atoms with Crippen molar-refractivity contribution in [3.8, 4) is 5.75 Å². The SMILES string of the molecule is CCCCCCCCCCCCCCCCS(=O)(=O)N/N=C\c1cc(Cl)ccc1O. The molecule has 1 aromatic rings. The second kappa shape index (κ2) is 16.4. The molecule has 0 bridgehead atoms. The predicted octanol–water partition coefficient (Wildman–Crippen LogP) is 6.78. The van der Waals surface area contributed by atoms with Crippen molar-refractivity contribution in [2.24, 2.45) is 5.10 Å². The van der Waals surface area contributed by atoms with Crippen LogP contribution in [0.25, 0.3) is 0 Å². The number of hydrazone groups is 1. The highest BCUT2D eigenvalue weighted by Gasteiger charge is 2.08. The molecule has 0 fully saturated rings. The summed E-state index contributed by atoms with van der Waals surface area (Å²) in [6, 6.07) is 4.50. The van der Waals surface area contributed by atoms with Crippen molar-refractivity contribution in [3.63, 3.8) is 0 Å². The molecule has 0 spiro atoms. The van der Waals surface area contributed by atoms with Gasteiger partial charge in [-0.05, 0) is 24.6 Å². The molecule has 1 aromatic carbocycles. The lowest BCUT2D eigenvalue weighted by Gasteiger charge is -2.05. The largest absolute Gasteiger partial charge is 0.507 e. The Morgan fingerprint density at radius 1 is 0.900 bits per heavy atom. The standard InChI is InChI=1S/C23H39ClN2O3S/c1-2-3-4-5-6-7-8-9-10-11-12-13-14-15-18-30(28,29)26-25-20-21-19-22(24)16-17-23(21)27/h16-17,19-20,26-27H,2-15,18H2,1H3/b25-20-. The van der Waals surface area contributed by atoms with Crippen LogP contribution in [0.5, 0.6) is 5.75 Å². The number of sulfonamides is 1. The van der Waals surface area contributed by atoms with Gasteiger partial charge in [0.15, 0.2) is 0 Å². The third-order valence-corrected chi connectivity index (χ3v) is 6.60. The zero-order valence-corrected chi connectivity index (χ0v) is 20.0. The van der Waals surface area contributed by atoms with Crippen LogP contribution in [0.3, 0.4) is 0 Å². The summed E-state index contributed by atoms with van der Waals surface area (Å²) >= 11 is 5.85. The Kier molecular flexibility index (Phi) is 14.7. The molecule has 0 aliphatic carbocycles. The van der Waals surface area contributed by atoms with Gasteiger partial charge in [0.25, 0.3) is 0 Å². The van der Waals surface area contributed by atoms with E-state index in [1.165, 1.54) is 89.0 Å². The van der Waals surface area contributed by atoms with E-state index in [4.69, 9.17) is 11.6 Å². The number of hydrogen-bond donors (Lipinski definition) is 2. The molecular formula is C23H39ClN2O3S. The summed E-state index contributed by atoms with van der Waals surface area (Å²) in [5.74, 6) is 0.0542. The van der Waals surface area contributed by atoms with Crippen LogP contribution in [0.2, 0.25) is 5.02 Å². The molecule has 1 rings (SSSR count). The second-order valence-electron chi connectivity index (χ2n) is 7.97. The molecule has 0 atom stereocenters. The summed E-state index contributed by atoms with van der Waals surface area (Å²) in [5.41, 5.74) is 0.363. The molecule has 30 heavy (non-hydrogen) atoms. The van der Waals surface area contributed by atoms with Crippen LogP contribution >= 0.6 is 11.6 Å². The Hall–Kier alpha value is -1.27. The average Bonchev–Trinajstić information content (AvgIpc) is 2.70. The first-order valence-corrected chi connectivity index (χ1v) is 13.5. The molecule has 0 saturated heterocycles. The van der Waals surface area contributed by atoms with Gasteiger partial charge >= 0.3 is 0 Å². The number of rotatable bonds is 18. The van der Waals surface area contributed by atoms with Gasteiger partial charge in [-0.3, -0.25) is 0 Å². The molecule has 0 aliphatic heterocycles. The molecule has 0 aliphatic rings. The topological polar surface area (TPSA) is 78.8 Å². The molecule has 0 aromatic heterocycles. The van der Waals surface area contributed by atoms with Crippen molar-refractivity contribution in [2.75, 3.05) is 5.75 Å². The lowest BCUT2D eigenvalue weighted by Crippen LogP contribution is -2.21. The quantitative estimate of drug-likeness (QED) is 0.144. The van der Waals surface area contributed by atoms with Crippen LogP contribution in [0.15, 0.2) is 23.3 Å². The minimum atomic E-state index is -3.45. The minimum absolute atomic E-state index is 0.00526. The number of unbranched alkanes of at least 4 members (excludes halogenated alkanes) is 13. The predicted molar refractivity (Wildman–Crippen MR) is 128 cm³/mol. The molecule has 0 heterocycles. The lowest BCUT2D eigenvalue weighted by atomic mass is 10.0. The first-order chi connectivity index (χ1) is 14.4. The van der Waals surface area contributed by atoms with E-state index in [0.717, 1.165) is 12.8 Å². The summed E-state index contributed by atoms with van der Waals surface area (Å²) in [5, 5.41) is 13.8. The zero-order chi connectivity index (χ0) is 22.1. The van der Waals surface area contributed by atoms with Crippen LogP contribution in [-0.2, 0) is 10.0 Å². The molecule has 0 saturated carbocycles. The Morgan fingerprint density at radius 3 is 1.93 bits per heavy atom. The number of nitrogens with zero attached hydrogens (tertiary/aromatic N) is 1. The number of phenols is 1. The van der Waals surface area contributed by atoms with Gasteiger partial charge < -0.3 is 5.11 Å². The van der Waals surface area contributed by atoms with Crippen molar-refractivity contribution in [3.05, 3.63) is 28.8 Å². The fourth-order valence-electron chi connectivity index (χ4n) is 3.34. The van der Waals surface area contributed by atoms with E-state index in [1.807, 2.05) is 0 Å². The number of aromatic hydroxyl groups is 1. The van der Waals surface area contributed by atoms with E-state index in [1.54, 1.807) is 6.07 Å². The van der Waals surface area contributed by atoms with Crippen molar-refractivity contribution < 1.29 is 13.5 Å². The van der Waals surface area contributed by atoms with Crippen LogP contribution in [0, 0.1) is 0 Å². The van der Waals surface area contributed by atoms with E-state index in [0.29, 0.717) is 17.0 Å². The fraction of sp³-hybridized carbons (Fsp3) is 0.696. The number of nitrogens with one attached hydrogen (secondary N) is 1. The lowest BCUT2D eigenvalue weighted by molar-refractivity contribution is 0.474. The Balaban J connectivity index is 2.01. The van der Waals surface area contributed by atoms with Gasteiger partial charge in [0.05, 0.1) is 12.0 Å². The van der Waals surface area contributed by atoms with Gasteiger partial charge in [0.1, 0.15) is 5.75 Å². The van der Waals surface area contributed by atoms with Crippen LogP contribution < -0.4 is 4.83 Å². The van der Waals surface area contributed by atoms with Gasteiger partial charge in [-0.1, -0.05) is 102 Å². The molecule has 0 amide bonds. The summed E-state index contributed by atoms with van der Waals surface area (Å²) in [6.07, 6.45) is 18.5. The van der Waals surface area contributed by atoms with Crippen molar-refractivity contribution in [1.29, 1.82) is 0 Å². The fourth-order valence-corrected chi connectivity index (χ4v) is 4.41. The smallest absolute Gasteiger partial charge is 0.247 e. The van der Waals surface area contributed by atoms with Gasteiger partial charge in [0.2, 0.25) is 10.0 Å². The van der Waals surface area contributed by atoms with Crippen LogP contribution in [0.1, 0.15) is 102 Å². The molecule has 0 unspecified atom stereocenters. The van der Waals surface area contributed by atoms with Crippen molar-refractivity contribution in [2.45, 2.75) is 96.8 Å². The Morgan fingerprint density at radius 2 is 1.40 bits per heavy atom. The maximum absolute atomic E-state index is 12.0. The highest BCUT2D eigenvalue weighted by molar-refractivity contribution is 7.89. The molecule has 172 valence electrons. The van der Waals surface area contributed by atoms with E-state index in [9.17, 15) is 13.5 Å². The summed E-state index contributed by atoms with van der Waals surface area (Å²) < 4.78 is 24.0. The van der Waals surface area contributed by atoms with Crippen molar-refractivity contribution >= 4 is 27.8 Å². The summed E-state index contributed by atoms with van der Waals surface area (Å²) in [4.78, 5) is 2.19. The third kappa shape index (κ3) is 13.9. The maximum Gasteiger partial charge on any atom is 0.247 e. The first kappa shape index (κ1) is 26.8. The number of benzene rings is 1. The first-order valence-electron chi connectivity index (χ1n) is 11.5. The number of halogens is 1.